The smallest absolute Gasteiger partial charge is 0.134 e. The van der Waals surface area contributed by atoms with Crippen LogP contribution in [0.2, 0.25) is 0 Å². The second kappa shape index (κ2) is 6.84. The van der Waals surface area contributed by atoms with E-state index < -0.39 is 0 Å². The lowest BCUT2D eigenvalue weighted by Gasteiger charge is -2.16. The van der Waals surface area contributed by atoms with Crippen molar-refractivity contribution in [2.24, 2.45) is 0 Å². The minimum absolute atomic E-state index is 0.117. The number of benzene rings is 2. The molecule has 0 aliphatic heterocycles. The molecule has 1 aliphatic rings. The van der Waals surface area contributed by atoms with Crippen molar-refractivity contribution in [3.8, 4) is 11.8 Å². The molecular weight excluding hydrogens is 283 g/mol. The van der Waals surface area contributed by atoms with E-state index in [1.807, 2.05) is 43.3 Å². The Kier molecular flexibility index (Phi) is 4.63. The average molecular weight is 304 g/mol. The summed E-state index contributed by atoms with van der Waals surface area (Å²) in [5.41, 5.74) is 5.48. The first-order valence-corrected chi connectivity index (χ1v) is 8.22. The third-order valence-electron chi connectivity index (χ3n) is 4.34. The monoisotopic (exact) mass is 304 g/mol. The van der Waals surface area contributed by atoms with E-state index in [4.69, 9.17) is 0 Å². The van der Waals surface area contributed by atoms with E-state index in [0.717, 1.165) is 36.0 Å². The van der Waals surface area contributed by atoms with Crippen molar-refractivity contribution in [2.75, 3.05) is 0 Å². The highest BCUT2D eigenvalue weighted by molar-refractivity contribution is 5.73. The number of hydrogen-bond donors (Lipinski definition) is 0. The van der Waals surface area contributed by atoms with E-state index in [9.17, 15) is 4.39 Å². The van der Waals surface area contributed by atoms with Gasteiger partial charge in [-0.15, -0.1) is 0 Å². The van der Waals surface area contributed by atoms with Gasteiger partial charge < -0.3 is 0 Å². The summed E-state index contributed by atoms with van der Waals surface area (Å²) < 4.78 is 14.7. The predicted octanol–water partition coefficient (Wildman–Crippen LogP) is 5.80. The van der Waals surface area contributed by atoms with Gasteiger partial charge >= 0.3 is 0 Å². The van der Waals surface area contributed by atoms with Crippen molar-refractivity contribution in [1.82, 2.24) is 0 Å². The molecular formula is C22H21F. The highest BCUT2D eigenvalue weighted by Gasteiger charge is 2.16. The van der Waals surface area contributed by atoms with Crippen LogP contribution in [0.15, 0.2) is 42.5 Å². The zero-order valence-electron chi connectivity index (χ0n) is 13.7. The molecule has 2 aromatic rings. The normalized spacial score (nSPS) is 14.0. The summed E-state index contributed by atoms with van der Waals surface area (Å²) in [6.07, 6.45) is 6.48. The molecule has 0 radical (unpaired) electrons. The van der Waals surface area contributed by atoms with Crippen molar-refractivity contribution < 1.29 is 4.39 Å². The third kappa shape index (κ3) is 3.54. The summed E-state index contributed by atoms with van der Waals surface area (Å²) in [5.74, 6) is 6.24. The molecule has 0 nitrogen and oxygen atoms in total. The van der Waals surface area contributed by atoms with Crippen molar-refractivity contribution >= 4 is 5.57 Å². The van der Waals surface area contributed by atoms with Crippen molar-refractivity contribution in [1.29, 1.82) is 0 Å². The Labute approximate surface area is 138 Å². The van der Waals surface area contributed by atoms with Gasteiger partial charge in [0.05, 0.1) is 0 Å². The lowest BCUT2D eigenvalue weighted by atomic mass is 9.89. The van der Waals surface area contributed by atoms with E-state index in [0.29, 0.717) is 11.1 Å². The van der Waals surface area contributed by atoms with Crippen LogP contribution >= 0.6 is 0 Å². The van der Waals surface area contributed by atoms with Gasteiger partial charge in [0.15, 0.2) is 0 Å². The molecule has 0 fully saturated rings. The molecule has 1 aliphatic carbocycles. The molecule has 0 spiro atoms. The van der Waals surface area contributed by atoms with Gasteiger partial charge in [-0.1, -0.05) is 41.7 Å². The van der Waals surface area contributed by atoms with Gasteiger partial charge in [-0.05, 0) is 68.9 Å². The van der Waals surface area contributed by atoms with Crippen LogP contribution in [0.4, 0.5) is 4.39 Å². The van der Waals surface area contributed by atoms with Gasteiger partial charge in [-0.25, -0.2) is 4.39 Å². The Balaban J connectivity index is 2.04. The summed E-state index contributed by atoms with van der Waals surface area (Å²) in [6, 6.07) is 11.9. The molecule has 0 atom stereocenters. The molecule has 0 bridgehead atoms. The molecule has 1 heteroatoms. The molecule has 2 aromatic carbocycles. The molecule has 0 saturated carbocycles. The maximum atomic E-state index is 14.7. The summed E-state index contributed by atoms with van der Waals surface area (Å²) in [7, 11) is 0. The Bertz CT molecular complexity index is 798. The molecule has 3 rings (SSSR count). The first-order chi connectivity index (χ1) is 11.1. The number of allylic oxidation sites excluding steroid dienone is 2. The molecule has 0 N–H and O–H groups in total. The second-order valence-electron chi connectivity index (χ2n) is 6.21. The van der Waals surface area contributed by atoms with Crippen LogP contribution < -0.4 is 0 Å². The van der Waals surface area contributed by atoms with Crippen molar-refractivity contribution in [2.45, 2.75) is 39.5 Å². The molecule has 0 saturated heterocycles. The Morgan fingerprint density at radius 3 is 2.39 bits per heavy atom. The molecule has 0 unspecified atom stereocenters. The summed E-state index contributed by atoms with van der Waals surface area (Å²) in [5, 5.41) is 0. The van der Waals surface area contributed by atoms with Crippen LogP contribution in [0.25, 0.3) is 5.57 Å². The van der Waals surface area contributed by atoms with E-state index in [1.165, 1.54) is 12.0 Å². The van der Waals surface area contributed by atoms with Gasteiger partial charge in [0.1, 0.15) is 5.82 Å². The van der Waals surface area contributed by atoms with Gasteiger partial charge in [-0.3, -0.25) is 0 Å². The minimum Gasteiger partial charge on any atom is -0.206 e. The molecule has 0 aromatic heterocycles. The Morgan fingerprint density at radius 2 is 1.70 bits per heavy atom. The lowest BCUT2D eigenvalue weighted by Crippen LogP contribution is -2.00. The SMILES string of the molecule is Cc1ccc(C#Cc2ccc(C)c(F)c2C2=CCCCC2)cc1. The summed E-state index contributed by atoms with van der Waals surface area (Å²) >= 11 is 0. The largest absolute Gasteiger partial charge is 0.206 e. The van der Waals surface area contributed by atoms with E-state index in [1.54, 1.807) is 0 Å². The van der Waals surface area contributed by atoms with Gasteiger partial charge in [0.25, 0.3) is 0 Å². The fourth-order valence-electron chi connectivity index (χ4n) is 2.94. The molecule has 0 heterocycles. The van der Waals surface area contributed by atoms with Crippen LogP contribution in [-0.2, 0) is 0 Å². The Morgan fingerprint density at radius 1 is 0.913 bits per heavy atom. The highest BCUT2D eigenvalue weighted by atomic mass is 19.1. The summed E-state index contributed by atoms with van der Waals surface area (Å²) in [4.78, 5) is 0. The van der Waals surface area contributed by atoms with Crippen LogP contribution in [0.5, 0.6) is 0 Å². The Hall–Kier alpha value is -2.33. The third-order valence-corrected chi connectivity index (χ3v) is 4.34. The fourth-order valence-corrected chi connectivity index (χ4v) is 2.94. The van der Waals surface area contributed by atoms with Crippen LogP contribution in [0.1, 0.15) is 53.5 Å². The first-order valence-electron chi connectivity index (χ1n) is 8.22. The second-order valence-corrected chi connectivity index (χ2v) is 6.21. The van der Waals surface area contributed by atoms with E-state index >= 15 is 0 Å². The zero-order valence-corrected chi connectivity index (χ0v) is 13.7. The maximum absolute atomic E-state index is 14.7. The van der Waals surface area contributed by atoms with Gasteiger partial charge in [-0.2, -0.15) is 0 Å². The number of halogens is 1. The van der Waals surface area contributed by atoms with E-state index in [2.05, 4.69) is 24.8 Å². The van der Waals surface area contributed by atoms with Gasteiger partial charge in [0, 0.05) is 16.7 Å². The van der Waals surface area contributed by atoms with Crippen LogP contribution in [0, 0.1) is 31.5 Å². The number of hydrogen-bond acceptors (Lipinski definition) is 0. The summed E-state index contributed by atoms with van der Waals surface area (Å²) in [6.45, 7) is 3.87. The van der Waals surface area contributed by atoms with Crippen molar-refractivity contribution in [3.05, 3.63) is 76.1 Å². The first kappa shape index (κ1) is 15.6. The number of rotatable bonds is 1. The van der Waals surface area contributed by atoms with Crippen molar-refractivity contribution in [3.63, 3.8) is 0 Å². The maximum Gasteiger partial charge on any atom is 0.134 e. The quantitative estimate of drug-likeness (QED) is 0.584. The minimum atomic E-state index is -0.117. The average Bonchev–Trinajstić information content (AvgIpc) is 2.58. The van der Waals surface area contributed by atoms with Crippen LogP contribution in [-0.4, -0.2) is 0 Å². The zero-order chi connectivity index (χ0) is 16.2. The molecule has 116 valence electrons. The molecule has 0 amide bonds. The lowest BCUT2D eigenvalue weighted by molar-refractivity contribution is 0.611. The fraction of sp³-hybridized carbons (Fsp3) is 0.273. The molecule has 23 heavy (non-hydrogen) atoms. The van der Waals surface area contributed by atoms with E-state index in [-0.39, 0.29) is 5.82 Å². The predicted molar refractivity (Wildman–Crippen MR) is 94.7 cm³/mol. The van der Waals surface area contributed by atoms with Gasteiger partial charge in [0.2, 0.25) is 0 Å². The standard InChI is InChI=1S/C22H21F/c1-16-8-11-18(12-9-16)13-15-20-14-10-17(2)22(23)21(20)19-6-4-3-5-7-19/h6,8-12,14H,3-5,7H2,1-2H3. The highest BCUT2D eigenvalue weighted by Crippen LogP contribution is 2.32. The number of aryl methyl sites for hydroxylation is 2. The topological polar surface area (TPSA) is 0 Å². The van der Waals surface area contributed by atoms with Crippen LogP contribution in [0.3, 0.4) is 0 Å².